The van der Waals surface area contributed by atoms with Gasteiger partial charge < -0.3 is 9.64 Å². The molecule has 1 aliphatic rings. The molecule has 1 aromatic carbocycles. The maximum atomic E-state index is 11.4. The van der Waals surface area contributed by atoms with Crippen LogP contribution in [0.15, 0.2) is 29.2 Å². The van der Waals surface area contributed by atoms with E-state index >= 15 is 0 Å². The lowest BCUT2D eigenvalue weighted by Crippen LogP contribution is -2.49. The van der Waals surface area contributed by atoms with Crippen LogP contribution in [0, 0.1) is 0 Å². The minimum atomic E-state index is -0.222. The van der Waals surface area contributed by atoms with E-state index in [9.17, 15) is 4.79 Å². The maximum Gasteiger partial charge on any atom is 0.409 e. The average Bonchev–Trinajstić information content (AvgIpc) is 2.49. The van der Waals surface area contributed by atoms with E-state index in [1.165, 1.54) is 12.0 Å². The SMILES string of the molecule is COC(=O)N1CCN(CCSc2ccc(Cl)cc2)CC1. The van der Waals surface area contributed by atoms with Crippen molar-refractivity contribution < 1.29 is 9.53 Å². The van der Waals surface area contributed by atoms with Crippen molar-refractivity contribution >= 4 is 29.5 Å². The monoisotopic (exact) mass is 314 g/mol. The van der Waals surface area contributed by atoms with Gasteiger partial charge in [-0.1, -0.05) is 11.6 Å². The second-order valence-electron chi connectivity index (χ2n) is 4.60. The lowest BCUT2D eigenvalue weighted by Gasteiger charge is -2.33. The lowest BCUT2D eigenvalue weighted by atomic mass is 10.3. The van der Waals surface area contributed by atoms with Crippen molar-refractivity contribution in [3.8, 4) is 0 Å². The molecule has 0 bridgehead atoms. The minimum absolute atomic E-state index is 0.222. The van der Waals surface area contributed by atoms with Crippen LogP contribution in [0.4, 0.5) is 4.79 Å². The fourth-order valence-electron chi connectivity index (χ4n) is 2.11. The molecule has 0 atom stereocenters. The summed E-state index contributed by atoms with van der Waals surface area (Å²) in [5, 5.41) is 0.772. The highest BCUT2D eigenvalue weighted by molar-refractivity contribution is 7.99. The third kappa shape index (κ3) is 4.58. The number of hydrogen-bond acceptors (Lipinski definition) is 4. The van der Waals surface area contributed by atoms with Gasteiger partial charge in [-0.15, -0.1) is 11.8 Å². The molecule has 6 heteroatoms. The molecule has 4 nitrogen and oxygen atoms in total. The molecule has 0 N–H and O–H groups in total. The van der Waals surface area contributed by atoms with Crippen LogP contribution in [-0.2, 0) is 4.74 Å². The first-order valence-corrected chi connectivity index (χ1v) is 7.99. The highest BCUT2D eigenvalue weighted by Crippen LogP contribution is 2.20. The zero-order chi connectivity index (χ0) is 14.4. The highest BCUT2D eigenvalue weighted by atomic mass is 35.5. The third-order valence-corrected chi connectivity index (χ3v) is 4.54. The summed E-state index contributed by atoms with van der Waals surface area (Å²) in [6, 6.07) is 7.92. The molecule has 0 aliphatic carbocycles. The number of amides is 1. The van der Waals surface area contributed by atoms with Gasteiger partial charge in [0.05, 0.1) is 7.11 Å². The molecule has 1 saturated heterocycles. The Hall–Kier alpha value is -0.910. The van der Waals surface area contributed by atoms with E-state index in [1.807, 2.05) is 36.0 Å². The number of hydrogen-bond donors (Lipinski definition) is 0. The Bertz CT molecular complexity index is 433. The summed E-state index contributed by atoms with van der Waals surface area (Å²) in [7, 11) is 1.43. The van der Waals surface area contributed by atoms with Gasteiger partial charge in [-0.25, -0.2) is 4.79 Å². The molecule has 0 saturated carbocycles. The molecule has 1 amide bonds. The van der Waals surface area contributed by atoms with Crippen molar-refractivity contribution in [1.29, 1.82) is 0 Å². The fourth-order valence-corrected chi connectivity index (χ4v) is 3.15. The van der Waals surface area contributed by atoms with E-state index in [2.05, 4.69) is 4.90 Å². The predicted octanol–water partition coefficient (Wildman–Crippen LogP) is 2.82. The van der Waals surface area contributed by atoms with Crippen molar-refractivity contribution in [1.82, 2.24) is 9.80 Å². The summed E-state index contributed by atoms with van der Waals surface area (Å²) in [5.41, 5.74) is 0. The first-order chi connectivity index (χ1) is 9.69. The Morgan fingerprint density at radius 1 is 1.25 bits per heavy atom. The van der Waals surface area contributed by atoms with Crippen LogP contribution in [0.1, 0.15) is 0 Å². The van der Waals surface area contributed by atoms with Crippen LogP contribution in [0.25, 0.3) is 0 Å². The molecule has 110 valence electrons. The van der Waals surface area contributed by atoms with Gasteiger partial charge >= 0.3 is 6.09 Å². The second-order valence-corrected chi connectivity index (χ2v) is 6.21. The molecule has 0 spiro atoms. The zero-order valence-corrected chi connectivity index (χ0v) is 13.1. The molecule has 1 aliphatic heterocycles. The predicted molar refractivity (Wildman–Crippen MR) is 82.6 cm³/mol. The Morgan fingerprint density at radius 2 is 1.90 bits per heavy atom. The molecule has 1 fully saturated rings. The van der Waals surface area contributed by atoms with Crippen molar-refractivity contribution in [2.24, 2.45) is 0 Å². The van der Waals surface area contributed by atoms with Crippen LogP contribution >= 0.6 is 23.4 Å². The third-order valence-electron chi connectivity index (χ3n) is 3.29. The summed E-state index contributed by atoms with van der Waals surface area (Å²) in [6.45, 7) is 4.35. The van der Waals surface area contributed by atoms with Crippen LogP contribution in [-0.4, -0.2) is 61.5 Å². The molecule has 1 aromatic rings. The Labute approximate surface area is 129 Å². The van der Waals surface area contributed by atoms with Gasteiger partial charge in [-0.3, -0.25) is 4.90 Å². The minimum Gasteiger partial charge on any atom is -0.453 e. The van der Waals surface area contributed by atoms with Crippen molar-refractivity contribution in [3.63, 3.8) is 0 Å². The van der Waals surface area contributed by atoms with Gasteiger partial charge in [0.25, 0.3) is 0 Å². The molecule has 2 rings (SSSR count). The molecular formula is C14H19ClN2O2S. The summed E-state index contributed by atoms with van der Waals surface area (Å²) in [4.78, 5) is 16.7. The smallest absolute Gasteiger partial charge is 0.409 e. The van der Waals surface area contributed by atoms with Gasteiger partial charge in [-0.2, -0.15) is 0 Å². The van der Waals surface area contributed by atoms with Gasteiger partial charge in [0.1, 0.15) is 0 Å². The number of halogens is 1. The Kier molecular flexibility index (Phi) is 6.01. The molecule has 0 radical (unpaired) electrons. The number of rotatable bonds is 4. The number of piperazine rings is 1. The lowest BCUT2D eigenvalue weighted by molar-refractivity contribution is 0.0931. The normalized spacial score (nSPS) is 16.2. The van der Waals surface area contributed by atoms with Gasteiger partial charge in [-0.05, 0) is 24.3 Å². The number of carbonyl (C=O) groups excluding carboxylic acids is 1. The number of ether oxygens (including phenoxy) is 1. The van der Waals surface area contributed by atoms with Crippen LogP contribution in [0.3, 0.4) is 0 Å². The molecular weight excluding hydrogens is 296 g/mol. The second kappa shape index (κ2) is 7.76. The molecule has 0 unspecified atom stereocenters. The summed E-state index contributed by atoms with van der Waals surface area (Å²) in [6.07, 6.45) is -0.222. The van der Waals surface area contributed by atoms with Crippen LogP contribution < -0.4 is 0 Å². The Balaban J connectivity index is 1.66. The number of methoxy groups -OCH3 is 1. The summed E-state index contributed by atoms with van der Waals surface area (Å²) < 4.78 is 4.73. The van der Waals surface area contributed by atoms with E-state index in [-0.39, 0.29) is 6.09 Å². The van der Waals surface area contributed by atoms with Crippen molar-refractivity contribution in [2.75, 3.05) is 45.6 Å². The van der Waals surface area contributed by atoms with Gasteiger partial charge in [0.2, 0.25) is 0 Å². The summed E-state index contributed by atoms with van der Waals surface area (Å²) in [5.74, 6) is 1.04. The standard InChI is InChI=1S/C14H19ClN2O2S/c1-19-14(18)17-8-6-16(7-9-17)10-11-20-13-4-2-12(15)3-5-13/h2-5H,6-11H2,1H3. The van der Waals surface area contributed by atoms with Gasteiger partial charge in [0, 0.05) is 48.4 Å². The first-order valence-electron chi connectivity index (χ1n) is 6.62. The fraction of sp³-hybridized carbons (Fsp3) is 0.500. The highest BCUT2D eigenvalue weighted by Gasteiger charge is 2.20. The van der Waals surface area contributed by atoms with E-state index < -0.39 is 0 Å². The zero-order valence-electron chi connectivity index (χ0n) is 11.5. The van der Waals surface area contributed by atoms with E-state index in [1.54, 1.807) is 4.90 Å². The molecule has 0 aromatic heterocycles. The average molecular weight is 315 g/mol. The number of nitrogens with zero attached hydrogens (tertiary/aromatic N) is 2. The first kappa shape index (κ1) is 15.5. The quantitative estimate of drug-likeness (QED) is 0.800. The van der Waals surface area contributed by atoms with E-state index in [4.69, 9.17) is 16.3 Å². The van der Waals surface area contributed by atoms with Crippen molar-refractivity contribution in [3.05, 3.63) is 29.3 Å². The number of thioether (sulfide) groups is 1. The molecule has 1 heterocycles. The van der Waals surface area contributed by atoms with E-state index in [0.29, 0.717) is 0 Å². The largest absolute Gasteiger partial charge is 0.453 e. The number of carbonyl (C=O) groups is 1. The van der Waals surface area contributed by atoms with Crippen LogP contribution in [0.5, 0.6) is 0 Å². The van der Waals surface area contributed by atoms with E-state index in [0.717, 1.165) is 43.5 Å². The summed E-state index contributed by atoms with van der Waals surface area (Å²) >= 11 is 7.69. The number of benzene rings is 1. The molecule has 20 heavy (non-hydrogen) atoms. The topological polar surface area (TPSA) is 32.8 Å². The Morgan fingerprint density at radius 3 is 2.50 bits per heavy atom. The maximum absolute atomic E-state index is 11.4. The van der Waals surface area contributed by atoms with Gasteiger partial charge in [0.15, 0.2) is 0 Å². The van der Waals surface area contributed by atoms with Crippen LogP contribution in [0.2, 0.25) is 5.02 Å². The van der Waals surface area contributed by atoms with Crippen molar-refractivity contribution in [2.45, 2.75) is 4.90 Å².